The number of methoxy groups -OCH3 is 1. The molecule has 2 rings (SSSR count). The largest absolute Gasteiger partial charge is 0.494 e. The van der Waals surface area contributed by atoms with Crippen molar-refractivity contribution in [2.24, 2.45) is 5.18 Å². The van der Waals surface area contributed by atoms with E-state index < -0.39 is 0 Å². The Morgan fingerprint density at radius 2 is 1.94 bits per heavy atom. The van der Waals surface area contributed by atoms with Gasteiger partial charge in [0.1, 0.15) is 5.75 Å². The molecular formula is C12H18N4O2. The Bertz CT molecular complexity index is 442. The number of hydrogen-bond acceptors (Lipinski definition) is 6. The molecule has 2 N–H and O–H groups in total. The van der Waals surface area contributed by atoms with Gasteiger partial charge in [-0.05, 0) is 18.3 Å². The van der Waals surface area contributed by atoms with Crippen molar-refractivity contribution in [2.75, 3.05) is 51.0 Å². The van der Waals surface area contributed by atoms with E-state index in [1.54, 1.807) is 12.1 Å². The van der Waals surface area contributed by atoms with E-state index in [1.165, 1.54) is 7.11 Å². The van der Waals surface area contributed by atoms with E-state index in [-0.39, 0.29) is 5.69 Å². The fourth-order valence-electron chi connectivity index (χ4n) is 2.13. The molecule has 0 aromatic heterocycles. The minimum Gasteiger partial charge on any atom is -0.494 e. The summed E-state index contributed by atoms with van der Waals surface area (Å²) in [6, 6.07) is 3.36. The zero-order chi connectivity index (χ0) is 13.1. The standard InChI is InChI=1S/C12H18N4O2/c1-15-3-5-16(6-4-15)11-8-12(18-2)10(14-17)7-9(11)13/h7-8H,3-6,13H2,1-2H3. The van der Waals surface area contributed by atoms with Crippen LogP contribution in [0.25, 0.3) is 0 Å². The van der Waals surface area contributed by atoms with Crippen LogP contribution in [0.4, 0.5) is 17.1 Å². The second kappa shape index (κ2) is 5.22. The molecule has 0 bridgehead atoms. The summed E-state index contributed by atoms with van der Waals surface area (Å²) in [6.45, 7) is 3.82. The van der Waals surface area contributed by atoms with Crippen molar-refractivity contribution in [1.29, 1.82) is 0 Å². The molecule has 0 saturated carbocycles. The first-order valence-corrected chi connectivity index (χ1v) is 5.90. The molecule has 1 fully saturated rings. The molecule has 1 aromatic rings. The second-order valence-electron chi connectivity index (χ2n) is 4.46. The number of nitrogens with two attached hydrogens (primary N) is 1. The van der Waals surface area contributed by atoms with Gasteiger partial charge in [-0.3, -0.25) is 0 Å². The van der Waals surface area contributed by atoms with Crippen molar-refractivity contribution in [3.8, 4) is 5.75 Å². The molecule has 1 heterocycles. The van der Waals surface area contributed by atoms with Crippen LogP contribution in [0.5, 0.6) is 5.75 Å². The number of piperazine rings is 1. The molecule has 18 heavy (non-hydrogen) atoms. The van der Waals surface area contributed by atoms with E-state index in [1.807, 2.05) is 0 Å². The summed E-state index contributed by atoms with van der Waals surface area (Å²) in [6.07, 6.45) is 0. The van der Waals surface area contributed by atoms with Crippen molar-refractivity contribution < 1.29 is 4.74 Å². The summed E-state index contributed by atoms with van der Waals surface area (Å²) < 4.78 is 5.16. The Morgan fingerprint density at radius 3 is 2.50 bits per heavy atom. The number of nitrogens with zero attached hydrogens (tertiary/aromatic N) is 3. The van der Waals surface area contributed by atoms with Crippen LogP contribution in [0.1, 0.15) is 0 Å². The summed E-state index contributed by atoms with van der Waals surface area (Å²) in [5.41, 5.74) is 7.69. The Balaban J connectivity index is 2.30. The third kappa shape index (κ3) is 2.38. The average molecular weight is 250 g/mol. The van der Waals surface area contributed by atoms with Gasteiger partial charge in [-0.15, -0.1) is 4.91 Å². The predicted molar refractivity (Wildman–Crippen MR) is 72.6 cm³/mol. The van der Waals surface area contributed by atoms with Gasteiger partial charge in [0.15, 0.2) is 5.69 Å². The monoisotopic (exact) mass is 250 g/mol. The lowest BCUT2D eigenvalue weighted by Gasteiger charge is -2.34. The van der Waals surface area contributed by atoms with Gasteiger partial charge in [-0.1, -0.05) is 0 Å². The van der Waals surface area contributed by atoms with Crippen molar-refractivity contribution in [3.63, 3.8) is 0 Å². The number of ether oxygens (including phenoxy) is 1. The van der Waals surface area contributed by atoms with Crippen molar-refractivity contribution in [2.45, 2.75) is 0 Å². The van der Waals surface area contributed by atoms with Gasteiger partial charge < -0.3 is 20.3 Å². The van der Waals surface area contributed by atoms with E-state index in [2.05, 4.69) is 22.0 Å². The Kier molecular flexibility index (Phi) is 3.66. The fraction of sp³-hybridized carbons (Fsp3) is 0.500. The summed E-state index contributed by atoms with van der Waals surface area (Å²) >= 11 is 0. The molecule has 6 nitrogen and oxygen atoms in total. The third-order valence-corrected chi connectivity index (χ3v) is 3.27. The highest BCUT2D eigenvalue weighted by atomic mass is 16.5. The van der Waals surface area contributed by atoms with E-state index in [4.69, 9.17) is 10.5 Å². The van der Waals surface area contributed by atoms with E-state index in [0.29, 0.717) is 11.4 Å². The first-order valence-electron chi connectivity index (χ1n) is 5.90. The number of nitrogen functional groups attached to an aromatic ring is 1. The lowest BCUT2D eigenvalue weighted by molar-refractivity contribution is 0.313. The summed E-state index contributed by atoms with van der Waals surface area (Å²) in [5, 5.41) is 2.92. The molecule has 1 saturated heterocycles. The third-order valence-electron chi connectivity index (χ3n) is 3.27. The number of nitroso groups, excluding NO2 is 1. The van der Waals surface area contributed by atoms with Crippen LogP contribution in [0, 0.1) is 4.91 Å². The van der Waals surface area contributed by atoms with Crippen molar-refractivity contribution in [1.82, 2.24) is 4.90 Å². The number of rotatable bonds is 3. The van der Waals surface area contributed by atoms with E-state index >= 15 is 0 Å². The summed E-state index contributed by atoms with van der Waals surface area (Å²) in [4.78, 5) is 15.1. The maximum atomic E-state index is 10.7. The van der Waals surface area contributed by atoms with Crippen LogP contribution in [0.15, 0.2) is 17.3 Å². The molecule has 0 unspecified atom stereocenters. The van der Waals surface area contributed by atoms with Gasteiger partial charge in [0.2, 0.25) is 0 Å². The molecule has 1 aliphatic rings. The molecule has 1 aliphatic heterocycles. The van der Waals surface area contributed by atoms with E-state index in [0.717, 1.165) is 31.9 Å². The molecule has 0 atom stereocenters. The fourth-order valence-corrected chi connectivity index (χ4v) is 2.13. The molecule has 6 heteroatoms. The number of benzene rings is 1. The quantitative estimate of drug-likeness (QED) is 0.649. The topological polar surface area (TPSA) is 71.2 Å². The van der Waals surface area contributed by atoms with Gasteiger partial charge >= 0.3 is 0 Å². The average Bonchev–Trinajstić information content (AvgIpc) is 2.39. The first-order chi connectivity index (χ1) is 8.65. The lowest BCUT2D eigenvalue weighted by atomic mass is 10.2. The first kappa shape index (κ1) is 12.6. The van der Waals surface area contributed by atoms with Gasteiger partial charge in [-0.25, -0.2) is 0 Å². The minimum absolute atomic E-state index is 0.243. The normalized spacial score (nSPS) is 16.7. The molecule has 0 radical (unpaired) electrons. The maximum Gasteiger partial charge on any atom is 0.152 e. The minimum atomic E-state index is 0.243. The van der Waals surface area contributed by atoms with Crippen molar-refractivity contribution in [3.05, 3.63) is 17.0 Å². The summed E-state index contributed by atoms with van der Waals surface area (Å²) in [7, 11) is 3.62. The number of hydrogen-bond donors (Lipinski definition) is 1. The van der Waals surface area contributed by atoms with Gasteiger partial charge in [0, 0.05) is 32.2 Å². The smallest absolute Gasteiger partial charge is 0.152 e. The van der Waals surface area contributed by atoms with Crippen molar-refractivity contribution >= 4 is 17.1 Å². The Labute approximate surface area is 106 Å². The van der Waals surface area contributed by atoms with Crippen LogP contribution in [0.3, 0.4) is 0 Å². The molecular weight excluding hydrogens is 232 g/mol. The van der Waals surface area contributed by atoms with Crippen LogP contribution in [-0.4, -0.2) is 45.2 Å². The number of likely N-dealkylation sites (N-methyl/N-ethyl adjacent to an activating group) is 1. The molecule has 0 spiro atoms. The SMILES string of the molecule is COc1cc(N2CCN(C)CC2)c(N)cc1N=O. The zero-order valence-electron chi connectivity index (χ0n) is 10.7. The van der Waals surface area contributed by atoms with Crippen LogP contribution in [0.2, 0.25) is 0 Å². The van der Waals surface area contributed by atoms with Crippen LogP contribution < -0.4 is 15.4 Å². The molecule has 0 amide bonds. The Morgan fingerprint density at radius 1 is 1.28 bits per heavy atom. The van der Waals surface area contributed by atoms with Gasteiger partial charge in [0.25, 0.3) is 0 Å². The highest BCUT2D eigenvalue weighted by Gasteiger charge is 2.18. The highest BCUT2D eigenvalue weighted by molar-refractivity contribution is 5.76. The highest BCUT2D eigenvalue weighted by Crippen LogP contribution is 2.37. The maximum absolute atomic E-state index is 10.7. The Hall–Kier alpha value is -1.82. The molecule has 98 valence electrons. The van der Waals surface area contributed by atoms with Gasteiger partial charge in [-0.2, -0.15) is 0 Å². The predicted octanol–water partition coefficient (Wildman–Crippen LogP) is 1.43. The molecule has 1 aromatic carbocycles. The second-order valence-corrected chi connectivity index (χ2v) is 4.46. The lowest BCUT2D eigenvalue weighted by Crippen LogP contribution is -2.44. The number of anilines is 2. The van der Waals surface area contributed by atoms with Gasteiger partial charge in [0.05, 0.1) is 18.5 Å². The van der Waals surface area contributed by atoms with Crippen LogP contribution in [-0.2, 0) is 0 Å². The van der Waals surface area contributed by atoms with E-state index in [9.17, 15) is 4.91 Å². The summed E-state index contributed by atoms with van der Waals surface area (Å²) in [5.74, 6) is 0.466. The zero-order valence-corrected chi connectivity index (χ0v) is 10.7. The van der Waals surface area contributed by atoms with Crippen LogP contribution >= 0.6 is 0 Å². The molecule has 0 aliphatic carbocycles.